The van der Waals surface area contributed by atoms with Gasteiger partial charge in [-0.15, -0.1) is 0 Å². The number of carbonyl (C=O) groups is 2. The monoisotopic (exact) mass is 504 g/mol. The van der Waals surface area contributed by atoms with Crippen LogP contribution >= 0.6 is 0 Å². The lowest BCUT2D eigenvalue weighted by atomic mass is 9.84. The molecule has 3 aromatic carbocycles. The molecule has 5 rings (SSSR count). The van der Waals surface area contributed by atoms with E-state index in [1.54, 1.807) is 48.5 Å². The Bertz CT molecular complexity index is 1430. The SMILES string of the molecule is COc1cc(C2CC(=O)Oc3ccc4c(c32)O/C(=C\c2cccc(OC)c2OC)C4=O)cc(OC)c1O. The number of hydrogen-bond donors (Lipinski definition) is 1. The zero-order valence-electron chi connectivity index (χ0n) is 20.6. The summed E-state index contributed by atoms with van der Waals surface area (Å²) in [6.07, 6.45) is 1.58. The van der Waals surface area contributed by atoms with E-state index in [-0.39, 0.29) is 35.2 Å². The highest BCUT2D eigenvalue weighted by Gasteiger charge is 2.39. The molecular formula is C28H24O9. The fourth-order valence-electron chi connectivity index (χ4n) is 4.67. The largest absolute Gasteiger partial charge is 0.502 e. The van der Waals surface area contributed by atoms with E-state index in [1.165, 1.54) is 28.4 Å². The van der Waals surface area contributed by atoms with Crippen LogP contribution in [-0.4, -0.2) is 45.3 Å². The minimum absolute atomic E-state index is 0.0131. The van der Waals surface area contributed by atoms with Crippen LogP contribution in [-0.2, 0) is 4.79 Å². The molecule has 37 heavy (non-hydrogen) atoms. The number of phenolic OH excluding ortho intramolecular Hbond substituents is 1. The number of ether oxygens (including phenoxy) is 6. The molecule has 1 atom stereocenters. The summed E-state index contributed by atoms with van der Waals surface area (Å²) in [5.41, 5.74) is 2.11. The van der Waals surface area contributed by atoms with Crippen LogP contribution in [0.4, 0.5) is 0 Å². The molecule has 9 nitrogen and oxygen atoms in total. The zero-order chi connectivity index (χ0) is 26.3. The van der Waals surface area contributed by atoms with Crippen molar-refractivity contribution in [2.75, 3.05) is 28.4 Å². The van der Waals surface area contributed by atoms with Crippen LogP contribution in [0, 0.1) is 0 Å². The van der Waals surface area contributed by atoms with E-state index in [1.807, 2.05) is 0 Å². The Kier molecular flexibility index (Phi) is 6.12. The topological polar surface area (TPSA) is 110 Å². The number of allylic oxidation sites excluding steroid dienone is 1. The van der Waals surface area contributed by atoms with Gasteiger partial charge in [0.1, 0.15) is 11.5 Å². The number of aromatic hydroxyl groups is 1. The molecule has 0 spiro atoms. The van der Waals surface area contributed by atoms with Gasteiger partial charge in [0.15, 0.2) is 28.8 Å². The summed E-state index contributed by atoms with van der Waals surface area (Å²) in [6, 6.07) is 11.7. The van der Waals surface area contributed by atoms with Crippen molar-refractivity contribution in [2.24, 2.45) is 0 Å². The number of carbonyl (C=O) groups excluding carboxylic acids is 2. The average molecular weight is 504 g/mol. The summed E-state index contributed by atoms with van der Waals surface area (Å²) < 4.78 is 33.1. The molecule has 0 aliphatic carbocycles. The third-order valence-corrected chi connectivity index (χ3v) is 6.40. The van der Waals surface area contributed by atoms with Crippen molar-refractivity contribution in [3.8, 4) is 40.2 Å². The van der Waals surface area contributed by atoms with Crippen LogP contribution in [0.3, 0.4) is 0 Å². The Balaban J connectivity index is 1.63. The summed E-state index contributed by atoms with van der Waals surface area (Å²) in [4.78, 5) is 25.9. The molecule has 2 heterocycles. The van der Waals surface area contributed by atoms with Crippen LogP contribution < -0.4 is 28.4 Å². The highest BCUT2D eigenvalue weighted by molar-refractivity contribution is 6.15. The second-order valence-electron chi connectivity index (χ2n) is 8.38. The average Bonchev–Trinajstić information content (AvgIpc) is 3.22. The molecule has 3 aromatic rings. The van der Waals surface area contributed by atoms with Crippen molar-refractivity contribution in [1.29, 1.82) is 0 Å². The Morgan fingerprint density at radius 3 is 2.24 bits per heavy atom. The lowest BCUT2D eigenvalue weighted by Gasteiger charge is -2.27. The zero-order valence-corrected chi connectivity index (χ0v) is 20.6. The third-order valence-electron chi connectivity index (χ3n) is 6.40. The van der Waals surface area contributed by atoms with Crippen molar-refractivity contribution in [2.45, 2.75) is 12.3 Å². The van der Waals surface area contributed by atoms with Gasteiger partial charge < -0.3 is 33.5 Å². The standard InChI is InChI=1S/C28H24O9/c1-32-19-7-5-6-14(27(19)35-4)10-22-25(30)16-8-9-18-24(28(16)37-22)17(13-23(29)36-18)15-11-20(33-2)26(31)21(12-15)34-3/h5-12,17,31H,13H2,1-4H3/b22-10-. The van der Waals surface area contributed by atoms with Crippen molar-refractivity contribution >= 4 is 17.8 Å². The van der Waals surface area contributed by atoms with E-state index in [4.69, 9.17) is 28.4 Å². The Morgan fingerprint density at radius 2 is 1.59 bits per heavy atom. The molecule has 1 N–H and O–H groups in total. The van der Waals surface area contributed by atoms with Gasteiger partial charge in [-0.3, -0.25) is 9.59 Å². The quantitative estimate of drug-likeness (QED) is 0.295. The van der Waals surface area contributed by atoms with Crippen LogP contribution in [0.2, 0.25) is 0 Å². The first-order valence-corrected chi connectivity index (χ1v) is 11.4. The first kappa shape index (κ1) is 24.1. The van der Waals surface area contributed by atoms with Crippen molar-refractivity contribution in [3.63, 3.8) is 0 Å². The molecule has 2 aliphatic rings. The number of fused-ring (bicyclic) bond motifs is 3. The Labute approximate surface area is 212 Å². The third kappa shape index (κ3) is 3.98. The summed E-state index contributed by atoms with van der Waals surface area (Å²) >= 11 is 0. The molecule has 0 aromatic heterocycles. The Morgan fingerprint density at radius 1 is 0.892 bits per heavy atom. The number of ketones is 1. The number of methoxy groups -OCH3 is 4. The molecule has 0 amide bonds. The van der Waals surface area contributed by atoms with Gasteiger partial charge in [-0.2, -0.15) is 0 Å². The molecule has 0 bridgehead atoms. The smallest absolute Gasteiger partial charge is 0.312 e. The lowest BCUT2D eigenvalue weighted by molar-refractivity contribution is -0.135. The highest BCUT2D eigenvalue weighted by Crippen LogP contribution is 2.51. The van der Waals surface area contributed by atoms with Gasteiger partial charge in [0.25, 0.3) is 0 Å². The second-order valence-corrected chi connectivity index (χ2v) is 8.38. The molecule has 0 radical (unpaired) electrons. The summed E-state index contributed by atoms with van der Waals surface area (Å²) in [5, 5.41) is 10.4. The molecule has 190 valence electrons. The van der Waals surface area contributed by atoms with Gasteiger partial charge >= 0.3 is 5.97 Å². The first-order valence-electron chi connectivity index (χ1n) is 11.4. The van der Waals surface area contributed by atoms with E-state index in [0.29, 0.717) is 45.3 Å². The molecular weight excluding hydrogens is 480 g/mol. The predicted molar refractivity (Wildman–Crippen MR) is 132 cm³/mol. The molecule has 0 fully saturated rings. The van der Waals surface area contributed by atoms with E-state index in [9.17, 15) is 14.7 Å². The number of esters is 1. The maximum Gasteiger partial charge on any atom is 0.312 e. The normalized spacial score (nSPS) is 17.0. The molecule has 2 aliphatic heterocycles. The number of hydrogen-bond acceptors (Lipinski definition) is 9. The number of benzene rings is 3. The number of para-hydroxylation sites is 1. The minimum Gasteiger partial charge on any atom is -0.502 e. The summed E-state index contributed by atoms with van der Waals surface area (Å²) in [6.45, 7) is 0. The predicted octanol–water partition coefficient (Wildman–Crippen LogP) is 4.48. The van der Waals surface area contributed by atoms with Crippen LogP contribution in [0.5, 0.6) is 40.2 Å². The van der Waals surface area contributed by atoms with Crippen molar-refractivity contribution in [1.82, 2.24) is 0 Å². The first-order chi connectivity index (χ1) is 17.9. The number of rotatable bonds is 6. The molecule has 9 heteroatoms. The number of Topliss-reactive ketones (excluding diaryl/α,β-unsaturated/α-hetero) is 1. The van der Waals surface area contributed by atoms with Crippen LogP contribution in [0.1, 0.15) is 39.4 Å². The summed E-state index contributed by atoms with van der Waals surface area (Å²) in [5.74, 6) is 0.563. The fourth-order valence-corrected chi connectivity index (χ4v) is 4.67. The van der Waals surface area contributed by atoms with Gasteiger partial charge in [0, 0.05) is 17.0 Å². The van der Waals surface area contributed by atoms with Crippen LogP contribution in [0.15, 0.2) is 48.2 Å². The minimum atomic E-state index is -0.548. The van der Waals surface area contributed by atoms with E-state index in [2.05, 4.69) is 0 Å². The fraction of sp³-hybridized carbons (Fsp3) is 0.214. The second kappa shape index (κ2) is 9.42. The highest BCUT2D eigenvalue weighted by atomic mass is 16.5. The van der Waals surface area contributed by atoms with Crippen molar-refractivity contribution in [3.05, 3.63) is 70.5 Å². The summed E-state index contributed by atoms with van der Waals surface area (Å²) in [7, 11) is 5.89. The van der Waals surface area contributed by atoms with E-state index >= 15 is 0 Å². The van der Waals surface area contributed by atoms with Gasteiger partial charge in [-0.05, 0) is 42.0 Å². The van der Waals surface area contributed by atoms with Gasteiger partial charge in [0.2, 0.25) is 11.5 Å². The number of phenols is 1. The lowest BCUT2D eigenvalue weighted by Crippen LogP contribution is -2.21. The van der Waals surface area contributed by atoms with Crippen molar-refractivity contribution < 1.29 is 43.1 Å². The van der Waals surface area contributed by atoms with Gasteiger partial charge in [-0.25, -0.2) is 0 Å². The maximum absolute atomic E-state index is 13.3. The van der Waals surface area contributed by atoms with Crippen LogP contribution in [0.25, 0.3) is 6.08 Å². The van der Waals surface area contributed by atoms with Gasteiger partial charge in [-0.1, -0.05) is 12.1 Å². The molecule has 1 unspecified atom stereocenters. The molecule has 0 saturated carbocycles. The van der Waals surface area contributed by atoms with E-state index in [0.717, 1.165) is 0 Å². The van der Waals surface area contributed by atoms with E-state index < -0.39 is 11.9 Å². The maximum atomic E-state index is 13.3. The van der Waals surface area contributed by atoms with Gasteiger partial charge in [0.05, 0.1) is 40.4 Å². The Hall–Kier alpha value is -4.66. The molecule has 0 saturated heterocycles.